The number of hydrogen-bond acceptors (Lipinski definition) is 3. The van der Waals surface area contributed by atoms with Crippen LogP contribution in [0.1, 0.15) is 5.56 Å². The molecule has 0 radical (unpaired) electrons. The molecule has 0 atom stereocenters. The molecule has 5 heteroatoms. The number of rotatable bonds is 2. The number of para-hydroxylation sites is 1. The van der Waals surface area contributed by atoms with Crippen LogP contribution in [0, 0.1) is 0 Å². The zero-order valence-electron chi connectivity index (χ0n) is 10.5. The summed E-state index contributed by atoms with van der Waals surface area (Å²) >= 11 is 0. The van der Waals surface area contributed by atoms with Crippen molar-refractivity contribution in [2.24, 2.45) is 0 Å². The maximum absolute atomic E-state index is 12.3. The van der Waals surface area contributed by atoms with Crippen molar-refractivity contribution < 1.29 is 9.59 Å². The second-order valence-electron chi connectivity index (χ2n) is 4.26. The molecule has 1 aromatic carbocycles. The van der Waals surface area contributed by atoms with Crippen LogP contribution in [0.2, 0.25) is 0 Å². The van der Waals surface area contributed by atoms with Crippen molar-refractivity contribution in [3.05, 3.63) is 66.0 Å². The van der Waals surface area contributed by atoms with Gasteiger partial charge in [-0.05, 0) is 29.8 Å². The molecule has 20 heavy (non-hydrogen) atoms. The summed E-state index contributed by atoms with van der Waals surface area (Å²) in [4.78, 5) is 28.1. The van der Waals surface area contributed by atoms with Gasteiger partial charge in [-0.1, -0.05) is 24.3 Å². The molecule has 0 aliphatic carbocycles. The number of nitrogens with one attached hydrogen (secondary N) is 1. The molecule has 1 fully saturated rings. The Labute approximate surface area is 115 Å². The normalized spacial score (nSPS) is 16.6. The lowest BCUT2D eigenvalue weighted by Crippen LogP contribution is -2.35. The molecule has 2 amide bonds. The molecule has 1 N–H and O–H groups in total. The molecule has 0 bridgehead atoms. The van der Waals surface area contributed by atoms with Crippen LogP contribution in [0.15, 0.2) is 60.4 Å². The van der Waals surface area contributed by atoms with E-state index in [0.29, 0.717) is 11.3 Å². The summed E-state index contributed by atoms with van der Waals surface area (Å²) in [5.74, 6) is -0.784. The highest BCUT2D eigenvalue weighted by Crippen LogP contribution is 2.20. The van der Waals surface area contributed by atoms with Crippen LogP contribution in [0.25, 0.3) is 6.08 Å². The second kappa shape index (κ2) is 4.97. The van der Waals surface area contributed by atoms with E-state index in [-0.39, 0.29) is 11.5 Å². The van der Waals surface area contributed by atoms with E-state index in [0.717, 1.165) is 0 Å². The van der Waals surface area contributed by atoms with Crippen LogP contribution in [0.4, 0.5) is 5.69 Å². The number of hydrogen-bond donors (Lipinski definition) is 1. The van der Waals surface area contributed by atoms with Crippen LogP contribution < -0.4 is 10.4 Å². The van der Waals surface area contributed by atoms with Gasteiger partial charge in [0.1, 0.15) is 5.57 Å². The van der Waals surface area contributed by atoms with Crippen LogP contribution in [-0.4, -0.2) is 16.8 Å². The van der Waals surface area contributed by atoms with E-state index in [1.165, 1.54) is 11.1 Å². The smallest absolute Gasteiger partial charge is 0.267 e. The fourth-order valence-electron chi connectivity index (χ4n) is 1.94. The van der Waals surface area contributed by atoms with Gasteiger partial charge in [-0.25, -0.2) is 5.01 Å². The van der Waals surface area contributed by atoms with Crippen molar-refractivity contribution >= 4 is 23.6 Å². The number of aromatic nitrogens is 1. The molecule has 2 heterocycles. The van der Waals surface area contributed by atoms with E-state index in [1.807, 2.05) is 6.07 Å². The zero-order valence-corrected chi connectivity index (χ0v) is 10.5. The molecule has 2 aromatic rings. The predicted octanol–water partition coefficient (Wildman–Crippen LogP) is 1.54. The van der Waals surface area contributed by atoms with E-state index in [1.54, 1.807) is 48.8 Å². The van der Waals surface area contributed by atoms with Gasteiger partial charge in [-0.3, -0.25) is 20.0 Å². The standard InChI is InChI=1S/C15H11N3O2/c19-14-13(9-11-5-4-8-16-10-11)15(20)18(17-14)12-6-2-1-3-7-12/h1-10H,(H,17,19). The molecule has 5 nitrogen and oxygen atoms in total. The molecule has 1 aliphatic rings. The zero-order chi connectivity index (χ0) is 13.9. The van der Waals surface area contributed by atoms with Crippen LogP contribution >= 0.6 is 0 Å². The van der Waals surface area contributed by atoms with Gasteiger partial charge >= 0.3 is 0 Å². The minimum atomic E-state index is -0.414. The van der Waals surface area contributed by atoms with Crippen molar-refractivity contribution in [3.63, 3.8) is 0 Å². The molecule has 3 rings (SSSR count). The van der Waals surface area contributed by atoms with Crippen molar-refractivity contribution in [1.29, 1.82) is 0 Å². The SMILES string of the molecule is O=C1NN(c2ccccc2)C(=O)C1=Cc1cccnc1. The predicted molar refractivity (Wildman–Crippen MR) is 74.3 cm³/mol. The highest BCUT2D eigenvalue weighted by molar-refractivity contribution is 6.31. The van der Waals surface area contributed by atoms with Gasteiger partial charge in [0.2, 0.25) is 0 Å². The summed E-state index contributed by atoms with van der Waals surface area (Å²) in [5.41, 5.74) is 3.98. The number of hydrazine groups is 1. The molecule has 98 valence electrons. The first kappa shape index (κ1) is 12.1. The quantitative estimate of drug-likeness (QED) is 0.662. The highest BCUT2D eigenvalue weighted by Gasteiger charge is 2.34. The van der Waals surface area contributed by atoms with E-state index >= 15 is 0 Å². The maximum Gasteiger partial charge on any atom is 0.282 e. The lowest BCUT2D eigenvalue weighted by Gasteiger charge is -2.13. The Morgan fingerprint density at radius 1 is 1.05 bits per heavy atom. The molecule has 0 spiro atoms. The third-order valence-electron chi connectivity index (χ3n) is 2.90. The van der Waals surface area contributed by atoms with Gasteiger partial charge in [0, 0.05) is 12.4 Å². The van der Waals surface area contributed by atoms with Crippen molar-refractivity contribution in [2.45, 2.75) is 0 Å². The van der Waals surface area contributed by atoms with Gasteiger partial charge in [0.15, 0.2) is 0 Å². The number of amides is 2. The number of carbonyl (C=O) groups excluding carboxylic acids is 2. The average molecular weight is 265 g/mol. The Balaban J connectivity index is 1.94. The van der Waals surface area contributed by atoms with E-state index in [2.05, 4.69) is 10.4 Å². The highest BCUT2D eigenvalue weighted by atomic mass is 16.2. The summed E-state index contributed by atoms with van der Waals surface area (Å²) < 4.78 is 0. The Morgan fingerprint density at radius 3 is 2.55 bits per heavy atom. The third kappa shape index (κ3) is 2.16. The van der Waals surface area contributed by atoms with E-state index < -0.39 is 5.91 Å². The van der Waals surface area contributed by atoms with Crippen molar-refractivity contribution in [2.75, 3.05) is 5.01 Å². The first-order valence-corrected chi connectivity index (χ1v) is 6.08. The molecule has 0 unspecified atom stereocenters. The Kier molecular flexibility index (Phi) is 3.01. The number of benzene rings is 1. The lowest BCUT2D eigenvalue weighted by molar-refractivity contribution is -0.117. The Morgan fingerprint density at radius 2 is 1.85 bits per heavy atom. The largest absolute Gasteiger partial charge is 0.282 e. The molecular formula is C15H11N3O2. The van der Waals surface area contributed by atoms with Crippen molar-refractivity contribution in [1.82, 2.24) is 10.4 Å². The Hall–Kier alpha value is -2.95. The van der Waals surface area contributed by atoms with Gasteiger partial charge in [-0.15, -0.1) is 0 Å². The van der Waals surface area contributed by atoms with Crippen LogP contribution in [0.3, 0.4) is 0 Å². The van der Waals surface area contributed by atoms with Gasteiger partial charge in [0.25, 0.3) is 11.8 Å². The van der Waals surface area contributed by atoms with Gasteiger partial charge in [0.05, 0.1) is 5.69 Å². The number of nitrogens with zero attached hydrogens (tertiary/aromatic N) is 2. The summed E-state index contributed by atoms with van der Waals surface area (Å²) in [5, 5.41) is 1.24. The monoisotopic (exact) mass is 265 g/mol. The lowest BCUT2D eigenvalue weighted by atomic mass is 10.1. The molecular weight excluding hydrogens is 254 g/mol. The molecule has 1 aliphatic heterocycles. The van der Waals surface area contributed by atoms with E-state index in [4.69, 9.17) is 0 Å². The molecule has 1 aromatic heterocycles. The maximum atomic E-state index is 12.3. The number of carbonyl (C=O) groups is 2. The molecule has 0 saturated carbocycles. The fraction of sp³-hybridized carbons (Fsp3) is 0. The summed E-state index contributed by atoms with van der Waals surface area (Å²) in [6.45, 7) is 0. The van der Waals surface area contributed by atoms with E-state index in [9.17, 15) is 9.59 Å². The van der Waals surface area contributed by atoms with Crippen molar-refractivity contribution in [3.8, 4) is 0 Å². The number of anilines is 1. The summed E-state index contributed by atoms with van der Waals surface area (Å²) in [7, 11) is 0. The molecule has 1 saturated heterocycles. The summed E-state index contributed by atoms with van der Waals surface area (Å²) in [6.07, 6.45) is 4.77. The first-order valence-electron chi connectivity index (χ1n) is 6.08. The third-order valence-corrected chi connectivity index (χ3v) is 2.90. The summed E-state index contributed by atoms with van der Waals surface area (Å²) in [6, 6.07) is 12.5. The van der Waals surface area contributed by atoms with Crippen LogP contribution in [-0.2, 0) is 9.59 Å². The topological polar surface area (TPSA) is 62.3 Å². The minimum Gasteiger partial charge on any atom is -0.267 e. The van der Waals surface area contributed by atoms with Gasteiger partial charge in [-0.2, -0.15) is 0 Å². The van der Waals surface area contributed by atoms with Crippen LogP contribution in [0.5, 0.6) is 0 Å². The average Bonchev–Trinajstić information content (AvgIpc) is 2.77. The first-order chi connectivity index (χ1) is 9.75. The Bertz CT molecular complexity index is 681. The van der Waals surface area contributed by atoms with Gasteiger partial charge < -0.3 is 0 Å². The fourth-order valence-corrected chi connectivity index (χ4v) is 1.94. The number of pyridine rings is 1. The second-order valence-corrected chi connectivity index (χ2v) is 4.26. The minimum absolute atomic E-state index is 0.0989.